The molecule has 2 aliphatic rings. The molecule has 2 heterocycles. The Morgan fingerprint density at radius 3 is 3.19 bits per heavy atom. The molecule has 0 saturated carbocycles. The second-order valence-corrected chi connectivity index (χ2v) is 4.00. The summed E-state index contributed by atoms with van der Waals surface area (Å²) in [5.74, 6) is -0.274. The van der Waals surface area contributed by atoms with E-state index in [-0.39, 0.29) is 24.6 Å². The highest BCUT2D eigenvalue weighted by molar-refractivity contribution is 5.88. The van der Waals surface area contributed by atoms with Gasteiger partial charge in [0.05, 0.1) is 6.61 Å². The minimum Gasteiger partial charge on any atom is -0.333 e. The van der Waals surface area contributed by atoms with Crippen LogP contribution in [-0.4, -0.2) is 48.6 Å². The van der Waals surface area contributed by atoms with E-state index in [0.717, 1.165) is 6.42 Å². The van der Waals surface area contributed by atoms with Gasteiger partial charge in [0.15, 0.2) is 0 Å². The quantitative estimate of drug-likeness (QED) is 0.405. The molecule has 0 aromatic rings. The van der Waals surface area contributed by atoms with Crippen molar-refractivity contribution < 1.29 is 14.4 Å². The summed E-state index contributed by atoms with van der Waals surface area (Å²) in [5, 5.41) is 2.81. The Bertz CT molecular complexity index is 296. The van der Waals surface area contributed by atoms with Crippen LogP contribution in [0.5, 0.6) is 0 Å². The summed E-state index contributed by atoms with van der Waals surface area (Å²) in [6.45, 7) is 1.22. The Hall–Kier alpha value is -1.34. The predicted molar refractivity (Wildman–Crippen MR) is 55.2 cm³/mol. The van der Waals surface area contributed by atoms with Gasteiger partial charge in [0.1, 0.15) is 6.04 Å². The number of hydrogen-bond acceptors (Lipinski definition) is 4. The second-order valence-electron chi connectivity index (χ2n) is 4.00. The molecule has 7 heteroatoms. The molecule has 0 radical (unpaired) electrons. The Morgan fingerprint density at radius 1 is 1.62 bits per heavy atom. The van der Waals surface area contributed by atoms with E-state index in [4.69, 9.17) is 10.6 Å². The third-order valence-corrected chi connectivity index (χ3v) is 2.87. The fraction of sp³-hybridized carbons (Fsp3) is 0.778. The highest BCUT2D eigenvalue weighted by Crippen LogP contribution is 2.22. The molecule has 0 aromatic heterocycles. The largest absolute Gasteiger partial charge is 0.333 e. The third-order valence-electron chi connectivity index (χ3n) is 2.87. The van der Waals surface area contributed by atoms with Gasteiger partial charge in [-0.3, -0.25) is 9.63 Å². The van der Waals surface area contributed by atoms with Crippen LogP contribution in [0.1, 0.15) is 12.8 Å². The molecule has 7 nitrogen and oxygen atoms in total. The molecule has 0 aromatic carbocycles. The molecule has 2 fully saturated rings. The lowest BCUT2D eigenvalue weighted by atomic mass is 10.0. The zero-order valence-electron chi connectivity index (χ0n) is 8.94. The molecule has 3 amide bonds. The summed E-state index contributed by atoms with van der Waals surface area (Å²) in [6.07, 6.45) is 1.50. The second kappa shape index (κ2) is 4.67. The van der Waals surface area contributed by atoms with Crippen molar-refractivity contribution in [3.63, 3.8) is 0 Å². The van der Waals surface area contributed by atoms with E-state index in [1.165, 1.54) is 0 Å². The molecular formula is C9H16N4O3. The number of hydroxylamine groups is 1. The Labute approximate surface area is 93.2 Å². The highest BCUT2D eigenvalue weighted by atomic mass is 16.7. The van der Waals surface area contributed by atoms with Crippen LogP contribution in [0.4, 0.5) is 4.79 Å². The third kappa shape index (κ3) is 2.10. The van der Waals surface area contributed by atoms with Gasteiger partial charge < -0.3 is 16.0 Å². The van der Waals surface area contributed by atoms with Crippen LogP contribution in [0.3, 0.4) is 0 Å². The summed E-state index contributed by atoms with van der Waals surface area (Å²) >= 11 is 0. The molecule has 2 aliphatic heterocycles. The predicted octanol–water partition coefficient (Wildman–Crippen LogP) is -1.45. The lowest BCUT2D eigenvalue weighted by Gasteiger charge is -2.29. The van der Waals surface area contributed by atoms with Crippen LogP contribution in [0.2, 0.25) is 0 Å². The first-order chi connectivity index (χ1) is 7.72. The number of urea groups is 1. The molecular weight excluding hydrogens is 212 g/mol. The summed E-state index contributed by atoms with van der Waals surface area (Å²) < 4.78 is 0. The Balaban J connectivity index is 1.88. The van der Waals surface area contributed by atoms with Crippen molar-refractivity contribution in [3.8, 4) is 0 Å². The zero-order valence-corrected chi connectivity index (χ0v) is 8.94. The van der Waals surface area contributed by atoms with Crippen molar-refractivity contribution in [1.82, 2.24) is 15.7 Å². The highest BCUT2D eigenvalue weighted by Gasteiger charge is 2.41. The van der Waals surface area contributed by atoms with E-state index in [0.29, 0.717) is 19.5 Å². The van der Waals surface area contributed by atoms with E-state index < -0.39 is 6.04 Å². The van der Waals surface area contributed by atoms with Crippen LogP contribution in [-0.2, 0) is 9.63 Å². The molecule has 4 N–H and O–H groups in total. The normalized spacial score (nSPS) is 27.8. The van der Waals surface area contributed by atoms with Gasteiger partial charge >= 0.3 is 6.03 Å². The van der Waals surface area contributed by atoms with Gasteiger partial charge in [-0.25, -0.2) is 10.3 Å². The molecule has 2 unspecified atom stereocenters. The number of nitrogens with zero attached hydrogens (tertiary/aromatic N) is 1. The van der Waals surface area contributed by atoms with Crippen molar-refractivity contribution in [2.75, 3.05) is 19.7 Å². The van der Waals surface area contributed by atoms with Crippen LogP contribution >= 0.6 is 0 Å². The van der Waals surface area contributed by atoms with E-state index in [1.807, 2.05) is 0 Å². The van der Waals surface area contributed by atoms with Crippen molar-refractivity contribution in [2.24, 2.45) is 5.73 Å². The summed E-state index contributed by atoms with van der Waals surface area (Å²) in [7, 11) is 0. The van der Waals surface area contributed by atoms with E-state index >= 15 is 0 Å². The number of piperidine rings is 1. The monoisotopic (exact) mass is 228 g/mol. The van der Waals surface area contributed by atoms with Crippen molar-refractivity contribution >= 4 is 11.9 Å². The number of nitrogens with one attached hydrogen (secondary N) is 2. The number of rotatable bonds is 4. The SMILES string of the molecule is NCCONC(=O)C1CCC2CN1C(=O)N2. The molecule has 2 atom stereocenters. The molecule has 2 saturated heterocycles. The minimum atomic E-state index is -0.420. The number of carbonyl (C=O) groups is 2. The zero-order chi connectivity index (χ0) is 11.5. The summed E-state index contributed by atoms with van der Waals surface area (Å²) in [5.41, 5.74) is 7.54. The smallest absolute Gasteiger partial charge is 0.318 e. The average Bonchev–Trinajstić information content (AvgIpc) is 2.55. The Morgan fingerprint density at radius 2 is 2.44 bits per heavy atom. The minimum absolute atomic E-state index is 0.165. The fourth-order valence-electron chi connectivity index (χ4n) is 2.09. The van der Waals surface area contributed by atoms with Gasteiger partial charge in [0.2, 0.25) is 0 Å². The summed E-state index contributed by atoms with van der Waals surface area (Å²) in [4.78, 5) is 29.6. The van der Waals surface area contributed by atoms with Crippen LogP contribution in [0.25, 0.3) is 0 Å². The van der Waals surface area contributed by atoms with Crippen molar-refractivity contribution in [1.29, 1.82) is 0 Å². The first-order valence-electron chi connectivity index (χ1n) is 5.41. The Kier molecular flexibility index (Phi) is 3.25. The van der Waals surface area contributed by atoms with E-state index in [1.54, 1.807) is 4.90 Å². The van der Waals surface area contributed by atoms with Crippen LogP contribution in [0.15, 0.2) is 0 Å². The van der Waals surface area contributed by atoms with Crippen molar-refractivity contribution in [3.05, 3.63) is 0 Å². The number of nitrogens with two attached hydrogens (primary N) is 1. The maximum Gasteiger partial charge on any atom is 0.318 e. The molecule has 2 bridgehead atoms. The molecule has 90 valence electrons. The van der Waals surface area contributed by atoms with E-state index in [9.17, 15) is 9.59 Å². The van der Waals surface area contributed by atoms with Gasteiger partial charge in [-0.2, -0.15) is 0 Å². The van der Waals surface area contributed by atoms with Gasteiger partial charge in [-0.05, 0) is 12.8 Å². The lowest BCUT2D eigenvalue weighted by molar-refractivity contribution is -0.138. The van der Waals surface area contributed by atoms with Gasteiger partial charge in [-0.1, -0.05) is 0 Å². The maximum atomic E-state index is 11.7. The van der Waals surface area contributed by atoms with Gasteiger partial charge in [0.25, 0.3) is 5.91 Å². The lowest BCUT2D eigenvalue weighted by Crippen LogP contribution is -2.49. The van der Waals surface area contributed by atoms with Crippen LogP contribution < -0.4 is 16.5 Å². The van der Waals surface area contributed by atoms with Gasteiger partial charge in [-0.15, -0.1) is 0 Å². The number of carbonyl (C=O) groups excluding carboxylic acids is 2. The molecule has 2 rings (SSSR count). The number of fused-ring (bicyclic) bond motifs is 2. The maximum absolute atomic E-state index is 11.7. The molecule has 16 heavy (non-hydrogen) atoms. The summed E-state index contributed by atoms with van der Waals surface area (Å²) in [6, 6.07) is -0.389. The first-order valence-corrected chi connectivity index (χ1v) is 5.41. The number of hydrogen-bond donors (Lipinski definition) is 3. The number of amides is 3. The van der Waals surface area contributed by atoms with E-state index in [2.05, 4.69) is 10.8 Å². The topological polar surface area (TPSA) is 96.7 Å². The fourth-order valence-corrected chi connectivity index (χ4v) is 2.09. The van der Waals surface area contributed by atoms with Crippen molar-refractivity contribution in [2.45, 2.75) is 24.9 Å². The standard InChI is InChI=1S/C9H16N4O3/c10-3-4-16-12-8(14)7-2-1-6-5-13(7)9(15)11-6/h6-7H,1-5,10H2,(H,11,15)(H,12,14). The first kappa shape index (κ1) is 11.2. The average molecular weight is 228 g/mol. The molecule has 0 spiro atoms. The molecule has 0 aliphatic carbocycles. The van der Waals surface area contributed by atoms with Gasteiger partial charge in [0, 0.05) is 19.1 Å². The van der Waals surface area contributed by atoms with Crippen LogP contribution in [0, 0.1) is 0 Å².